The first-order valence-corrected chi connectivity index (χ1v) is 8.13. The van der Waals surface area contributed by atoms with E-state index in [0.717, 1.165) is 0 Å². The lowest BCUT2D eigenvalue weighted by Gasteiger charge is -2.13. The fraction of sp³-hybridized carbons (Fsp3) is 0.400. The van der Waals surface area contributed by atoms with Crippen LogP contribution in [0.1, 0.15) is 18.4 Å². The quantitative estimate of drug-likeness (QED) is 0.619. The van der Waals surface area contributed by atoms with Gasteiger partial charge in [-0.05, 0) is 23.7 Å². The maximum absolute atomic E-state index is 9.91. The zero-order valence-corrected chi connectivity index (χ0v) is 13.8. The normalized spacial score (nSPS) is 23.4. The third-order valence-corrected chi connectivity index (χ3v) is 4.32. The number of aliphatic hydroxyl groups excluding tert-OH is 2. The molecule has 3 aromatic heterocycles. The summed E-state index contributed by atoms with van der Waals surface area (Å²) >= 11 is 5.76. The molecule has 4 heterocycles. The molecule has 0 aromatic carbocycles. The van der Waals surface area contributed by atoms with E-state index < -0.39 is 18.4 Å². The van der Waals surface area contributed by atoms with Crippen LogP contribution < -0.4 is 5.32 Å². The van der Waals surface area contributed by atoms with Gasteiger partial charge in [0.1, 0.15) is 24.4 Å². The van der Waals surface area contributed by atoms with Crippen LogP contribution in [0.15, 0.2) is 29.2 Å². The van der Waals surface area contributed by atoms with Crippen molar-refractivity contribution in [3.8, 4) is 0 Å². The molecule has 0 amide bonds. The topological polar surface area (TPSA) is 118 Å². The van der Waals surface area contributed by atoms with E-state index in [-0.39, 0.29) is 6.61 Å². The van der Waals surface area contributed by atoms with E-state index in [0.29, 0.717) is 40.9 Å². The van der Waals surface area contributed by atoms with Crippen LogP contribution in [-0.2, 0) is 11.3 Å². The lowest BCUT2D eigenvalue weighted by molar-refractivity contribution is -0.0432. The van der Waals surface area contributed by atoms with Crippen molar-refractivity contribution in [2.75, 3.05) is 11.9 Å². The molecule has 3 aromatic rings. The van der Waals surface area contributed by atoms with Crippen LogP contribution in [0.2, 0.25) is 5.22 Å². The molecule has 1 fully saturated rings. The van der Waals surface area contributed by atoms with Crippen molar-refractivity contribution in [1.82, 2.24) is 19.5 Å². The molecule has 3 N–H and O–H groups in total. The molecule has 0 aliphatic carbocycles. The summed E-state index contributed by atoms with van der Waals surface area (Å²) in [6.07, 6.45) is 1.59. The molecule has 132 valence electrons. The van der Waals surface area contributed by atoms with Crippen molar-refractivity contribution in [3.05, 3.63) is 35.8 Å². The number of hydrogen-bond donors (Lipinski definition) is 3. The molecule has 4 rings (SSSR count). The van der Waals surface area contributed by atoms with Crippen molar-refractivity contribution in [2.45, 2.75) is 31.4 Å². The minimum absolute atomic E-state index is 0.238. The highest BCUT2D eigenvalue weighted by molar-refractivity contribution is 6.28. The van der Waals surface area contributed by atoms with Gasteiger partial charge in [0.05, 0.1) is 25.6 Å². The summed E-state index contributed by atoms with van der Waals surface area (Å²) in [6, 6.07) is 3.44. The molecule has 9 nitrogen and oxygen atoms in total. The van der Waals surface area contributed by atoms with E-state index in [1.807, 2.05) is 0 Å². The summed E-state index contributed by atoms with van der Waals surface area (Å²) in [7, 11) is 0. The zero-order chi connectivity index (χ0) is 17.4. The Balaban J connectivity index is 1.58. The van der Waals surface area contributed by atoms with Crippen molar-refractivity contribution in [3.63, 3.8) is 0 Å². The molecule has 25 heavy (non-hydrogen) atoms. The molecule has 1 aliphatic rings. The van der Waals surface area contributed by atoms with E-state index in [4.69, 9.17) is 20.8 Å². The molecule has 1 unspecified atom stereocenters. The molecule has 1 aliphatic heterocycles. The number of halogens is 1. The minimum atomic E-state index is -0.726. The van der Waals surface area contributed by atoms with E-state index in [1.54, 1.807) is 23.0 Å². The number of fused-ring (bicyclic) bond motifs is 1. The monoisotopic (exact) mass is 365 g/mol. The predicted octanol–water partition coefficient (Wildman–Crippen LogP) is 1.33. The van der Waals surface area contributed by atoms with E-state index in [9.17, 15) is 10.2 Å². The van der Waals surface area contributed by atoms with Gasteiger partial charge in [-0.25, -0.2) is 15.0 Å². The third kappa shape index (κ3) is 3.07. The van der Waals surface area contributed by atoms with Crippen molar-refractivity contribution < 1.29 is 19.4 Å². The van der Waals surface area contributed by atoms with Gasteiger partial charge in [-0.15, -0.1) is 0 Å². The molecule has 0 bridgehead atoms. The van der Waals surface area contributed by atoms with Gasteiger partial charge in [-0.3, -0.25) is 4.57 Å². The zero-order valence-electron chi connectivity index (χ0n) is 13.0. The summed E-state index contributed by atoms with van der Waals surface area (Å²) in [4.78, 5) is 12.8. The summed E-state index contributed by atoms with van der Waals surface area (Å²) < 4.78 is 12.7. The number of furan rings is 1. The maximum Gasteiger partial charge on any atom is 0.193 e. The molecular formula is C15H16ClN5O4. The van der Waals surface area contributed by atoms with Gasteiger partial charge in [0.2, 0.25) is 0 Å². The van der Waals surface area contributed by atoms with Gasteiger partial charge in [0.25, 0.3) is 0 Å². The van der Waals surface area contributed by atoms with Crippen LogP contribution in [0, 0.1) is 0 Å². The molecule has 0 radical (unpaired) electrons. The van der Waals surface area contributed by atoms with Gasteiger partial charge in [0.15, 0.2) is 22.2 Å². The number of aromatic nitrogens is 4. The smallest absolute Gasteiger partial charge is 0.193 e. The largest absolute Gasteiger partial charge is 0.448 e. The molecule has 0 spiro atoms. The summed E-state index contributed by atoms with van der Waals surface area (Å²) in [5, 5.41) is 22.6. The van der Waals surface area contributed by atoms with Gasteiger partial charge in [-0.1, -0.05) is 0 Å². The highest BCUT2D eigenvalue weighted by atomic mass is 35.5. The number of nitrogens with zero attached hydrogens (tertiary/aromatic N) is 4. The fourth-order valence-corrected chi connectivity index (χ4v) is 3.02. The van der Waals surface area contributed by atoms with Gasteiger partial charge >= 0.3 is 0 Å². The van der Waals surface area contributed by atoms with E-state index in [2.05, 4.69) is 20.3 Å². The average molecular weight is 366 g/mol. The second-order valence-electron chi connectivity index (χ2n) is 5.72. The SMILES string of the molecule is OC[C@H]1OC(n2cnc3c(NCc4ccc(Cl)o4)ncnc32)C[C@@H]1O. The van der Waals surface area contributed by atoms with Crippen molar-refractivity contribution in [1.29, 1.82) is 0 Å². The Bertz CT molecular complexity index is 882. The van der Waals surface area contributed by atoms with Crippen LogP contribution in [0.4, 0.5) is 5.82 Å². The van der Waals surface area contributed by atoms with Crippen LogP contribution >= 0.6 is 11.6 Å². The molecular weight excluding hydrogens is 350 g/mol. The van der Waals surface area contributed by atoms with Crippen LogP contribution in [0.25, 0.3) is 11.2 Å². The number of aliphatic hydroxyl groups is 2. The lowest BCUT2D eigenvalue weighted by Crippen LogP contribution is -2.24. The fourth-order valence-electron chi connectivity index (χ4n) is 2.86. The summed E-state index contributed by atoms with van der Waals surface area (Å²) in [5.74, 6) is 1.22. The Kier molecular flexibility index (Phi) is 4.30. The number of hydrogen-bond acceptors (Lipinski definition) is 8. The Hall–Kier alpha value is -2.20. The lowest BCUT2D eigenvalue weighted by atomic mass is 10.2. The number of ether oxygens (including phenoxy) is 1. The third-order valence-electron chi connectivity index (χ3n) is 4.11. The average Bonchev–Trinajstić information content (AvgIpc) is 3.31. The Morgan fingerprint density at radius 3 is 2.92 bits per heavy atom. The minimum Gasteiger partial charge on any atom is -0.448 e. The standard InChI is InChI=1S/C15H16ClN5O4/c16-11-2-1-8(24-11)4-17-14-13-15(19-6-18-14)21(7-20-13)12-3-9(23)10(5-22)25-12/h1-2,6-7,9-10,12,22-23H,3-5H2,(H,17,18,19)/t9-,10+,12?/m0/s1. The van der Waals surface area contributed by atoms with Crippen LogP contribution in [0.3, 0.4) is 0 Å². The highest BCUT2D eigenvalue weighted by Crippen LogP contribution is 2.31. The Morgan fingerprint density at radius 1 is 1.32 bits per heavy atom. The molecule has 0 saturated carbocycles. The molecule has 10 heteroatoms. The predicted molar refractivity (Wildman–Crippen MR) is 88.0 cm³/mol. The second-order valence-corrected chi connectivity index (χ2v) is 6.09. The first-order chi connectivity index (χ1) is 12.2. The van der Waals surface area contributed by atoms with Crippen LogP contribution in [0.5, 0.6) is 0 Å². The first kappa shape index (κ1) is 16.3. The number of nitrogens with one attached hydrogen (secondary N) is 1. The van der Waals surface area contributed by atoms with E-state index in [1.165, 1.54) is 6.33 Å². The Morgan fingerprint density at radius 2 is 2.20 bits per heavy atom. The summed E-state index contributed by atoms with van der Waals surface area (Å²) in [6.45, 7) is 0.161. The van der Waals surface area contributed by atoms with Crippen molar-refractivity contribution in [2.24, 2.45) is 0 Å². The number of imidazole rings is 1. The number of rotatable bonds is 5. The van der Waals surface area contributed by atoms with Gasteiger partial charge in [0, 0.05) is 6.42 Å². The summed E-state index contributed by atoms with van der Waals surface area (Å²) in [5.41, 5.74) is 1.15. The Labute approximate surface area is 147 Å². The van der Waals surface area contributed by atoms with Crippen molar-refractivity contribution >= 4 is 28.6 Å². The van der Waals surface area contributed by atoms with Gasteiger partial charge < -0.3 is 24.7 Å². The van der Waals surface area contributed by atoms with Crippen LogP contribution in [-0.4, -0.2) is 48.5 Å². The second kappa shape index (κ2) is 6.60. The highest BCUT2D eigenvalue weighted by Gasteiger charge is 2.35. The molecule has 3 atom stereocenters. The first-order valence-electron chi connectivity index (χ1n) is 7.75. The molecule has 1 saturated heterocycles. The maximum atomic E-state index is 9.91. The number of anilines is 1. The van der Waals surface area contributed by atoms with E-state index >= 15 is 0 Å². The van der Waals surface area contributed by atoms with Gasteiger partial charge in [-0.2, -0.15) is 0 Å².